The molecule has 0 bridgehead atoms. The van der Waals surface area contributed by atoms with Gasteiger partial charge in [-0.25, -0.2) is 0 Å². The Morgan fingerprint density at radius 1 is 1.08 bits per heavy atom. The number of nitrogens with two attached hydrogens (primary N) is 1. The minimum atomic E-state index is 0.561. The van der Waals surface area contributed by atoms with E-state index in [0.29, 0.717) is 12.2 Å². The van der Waals surface area contributed by atoms with E-state index in [1.165, 1.54) is 32.1 Å². The highest BCUT2D eigenvalue weighted by molar-refractivity contribution is 4.84. The standard InChI is InChI=1S/C10H21NO/c1-2-3-4-6-9-10(12-9)7-5-8-11/h9-10H,2-8,11H2,1H3. The van der Waals surface area contributed by atoms with Gasteiger partial charge in [0.2, 0.25) is 0 Å². The first-order valence-corrected chi connectivity index (χ1v) is 5.24. The van der Waals surface area contributed by atoms with E-state index in [0.717, 1.165) is 13.0 Å². The molecule has 0 aromatic carbocycles. The van der Waals surface area contributed by atoms with Gasteiger partial charge in [-0.2, -0.15) is 0 Å². The van der Waals surface area contributed by atoms with Crippen LogP contribution in [0.2, 0.25) is 0 Å². The molecule has 72 valence electrons. The Morgan fingerprint density at radius 2 is 1.75 bits per heavy atom. The second-order valence-corrected chi connectivity index (χ2v) is 3.64. The number of hydrogen-bond donors (Lipinski definition) is 1. The molecule has 1 heterocycles. The highest BCUT2D eigenvalue weighted by Crippen LogP contribution is 2.30. The number of epoxide rings is 1. The van der Waals surface area contributed by atoms with Crippen molar-refractivity contribution < 1.29 is 4.74 Å². The Kier molecular flexibility index (Phi) is 4.62. The van der Waals surface area contributed by atoms with Crippen LogP contribution in [-0.2, 0) is 4.74 Å². The van der Waals surface area contributed by atoms with E-state index in [1.807, 2.05) is 0 Å². The summed E-state index contributed by atoms with van der Waals surface area (Å²) in [4.78, 5) is 0. The quantitative estimate of drug-likeness (QED) is 0.470. The molecule has 2 atom stereocenters. The Morgan fingerprint density at radius 3 is 2.33 bits per heavy atom. The van der Waals surface area contributed by atoms with Crippen molar-refractivity contribution in [1.29, 1.82) is 0 Å². The molecular weight excluding hydrogens is 150 g/mol. The minimum Gasteiger partial charge on any atom is -0.370 e. The van der Waals surface area contributed by atoms with Crippen molar-refractivity contribution in [1.82, 2.24) is 0 Å². The molecule has 1 aliphatic heterocycles. The Hall–Kier alpha value is -0.0800. The van der Waals surface area contributed by atoms with Gasteiger partial charge in [0.05, 0.1) is 12.2 Å². The average Bonchev–Trinajstić information content (AvgIpc) is 2.81. The summed E-state index contributed by atoms with van der Waals surface area (Å²) in [5.74, 6) is 0. The first-order valence-electron chi connectivity index (χ1n) is 5.24. The molecule has 0 aliphatic carbocycles. The highest BCUT2D eigenvalue weighted by Gasteiger charge is 2.36. The molecule has 12 heavy (non-hydrogen) atoms. The first kappa shape index (κ1) is 10.0. The first-order chi connectivity index (χ1) is 5.88. The number of hydrogen-bond acceptors (Lipinski definition) is 2. The van der Waals surface area contributed by atoms with E-state index in [4.69, 9.17) is 10.5 Å². The average molecular weight is 171 g/mol. The summed E-state index contributed by atoms with van der Waals surface area (Å²) in [6.45, 7) is 3.04. The SMILES string of the molecule is CCCCCC1OC1CCCN. The Balaban J connectivity index is 1.86. The fourth-order valence-corrected chi connectivity index (χ4v) is 1.60. The zero-order chi connectivity index (χ0) is 8.81. The zero-order valence-electron chi connectivity index (χ0n) is 8.09. The van der Waals surface area contributed by atoms with Gasteiger partial charge in [0, 0.05) is 0 Å². The van der Waals surface area contributed by atoms with Crippen molar-refractivity contribution >= 4 is 0 Å². The number of ether oxygens (including phenoxy) is 1. The molecule has 1 rings (SSSR count). The minimum absolute atomic E-state index is 0.561. The summed E-state index contributed by atoms with van der Waals surface area (Å²) in [6.07, 6.45) is 8.70. The van der Waals surface area contributed by atoms with Gasteiger partial charge in [0.15, 0.2) is 0 Å². The summed E-state index contributed by atoms with van der Waals surface area (Å²) < 4.78 is 5.51. The van der Waals surface area contributed by atoms with E-state index in [1.54, 1.807) is 0 Å². The van der Waals surface area contributed by atoms with E-state index < -0.39 is 0 Å². The predicted octanol–water partition coefficient (Wildman–Crippen LogP) is 2.07. The van der Waals surface area contributed by atoms with Gasteiger partial charge in [-0.15, -0.1) is 0 Å². The second-order valence-electron chi connectivity index (χ2n) is 3.64. The summed E-state index contributed by atoms with van der Waals surface area (Å²) in [5.41, 5.74) is 5.42. The van der Waals surface area contributed by atoms with Crippen LogP contribution in [0.5, 0.6) is 0 Å². The van der Waals surface area contributed by atoms with E-state index >= 15 is 0 Å². The molecule has 1 saturated heterocycles. The van der Waals surface area contributed by atoms with Crippen LogP contribution in [0, 0.1) is 0 Å². The third kappa shape index (κ3) is 3.55. The molecular formula is C10H21NO. The maximum atomic E-state index is 5.51. The molecule has 2 heteroatoms. The lowest BCUT2D eigenvalue weighted by atomic mass is 10.1. The van der Waals surface area contributed by atoms with Crippen molar-refractivity contribution in [2.45, 2.75) is 57.7 Å². The summed E-state index contributed by atoms with van der Waals surface area (Å²) in [6, 6.07) is 0. The smallest absolute Gasteiger partial charge is 0.0842 e. The summed E-state index contributed by atoms with van der Waals surface area (Å²) >= 11 is 0. The van der Waals surface area contributed by atoms with Crippen molar-refractivity contribution in [2.24, 2.45) is 5.73 Å². The molecule has 2 unspecified atom stereocenters. The van der Waals surface area contributed by atoms with Gasteiger partial charge in [0.25, 0.3) is 0 Å². The van der Waals surface area contributed by atoms with Crippen LogP contribution >= 0.6 is 0 Å². The van der Waals surface area contributed by atoms with Crippen molar-refractivity contribution in [3.05, 3.63) is 0 Å². The molecule has 1 fully saturated rings. The fraction of sp³-hybridized carbons (Fsp3) is 1.00. The van der Waals surface area contributed by atoms with Crippen molar-refractivity contribution in [3.63, 3.8) is 0 Å². The van der Waals surface area contributed by atoms with E-state index in [2.05, 4.69) is 6.92 Å². The maximum Gasteiger partial charge on any atom is 0.0842 e. The molecule has 0 aromatic rings. The van der Waals surface area contributed by atoms with Crippen LogP contribution in [-0.4, -0.2) is 18.8 Å². The topological polar surface area (TPSA) is 38.5 Å². The largest absolute Gasteiger partial charge is 0.370 e. The molecule has 0 spiro atoms. The van der Waals surface area contributed by atoms with Crippen LogP contribution in [0.4, 0.5) is 0 Å². The van der Waals surface area contributed by atoms with Crippen LogP contribution in [0.1, 0.15) is 45.4 Å². The van der Waals surface area contributed by atoms with Gasteiger partial charge in [-0.3, -0.25) is 0 Å². The second kappa shape index (κ2) is 5.55. The van der Waals surface area contributed by atoms with Crippen LogP contribution < -0.4 is 5.73 Å². The van der Waals surface area contributed by atoms with Crippen LogP contribution in [0.25, 0.3) is 0 Å². The van der Waals surface area contributed by atoms with Gasteiger partial charge in [0.1, 0.15) is 0 Å². The molecule has 0 saturated carbocycles. The van der Waals surface area contributed by atoms with E-state index in [9.17, 15) is 0 Å². The normalized spacial score (nSPS) is 27.5. The number of rotatable bonds is 7. The van der Waals surface area contributed by atoms with Gasteiger partial charge >= 0.3 is 0 Å². The lowest BCUT2D eigenvalue weighted by molar-refractivity contribution is 0.350. The van der Waals surface area contributed by atoms with Crippen LogP contribution in [0.15, 0.2) is 0 Å². The number of unbranched alkanes of at least 4 members (excludes halogenated alkanes) is 2. The summed E-state index contributed by atoms with van der Waals surface area (Å²) in [7, 11) is 0. The van der Waals surface area contributed by atoms with Gasteiger partial charge in [-0.05, 0) is 25.8 Å². The third-order valence-electron chi connectivity index (χ3n) is 2.47. The van der Waals surface area contributed by atoms with Gasteiger partial charge in [-0.1, -0.05) is 26.2 Å². The molecule has 0 amide bonds. The Labute approximate surface area is 75.5 Å². The molecule has 2 nitrogen and oxygen atoms in total. The van der Waals surface area contributed by atoms with Crippen molar-refractivity contribution in [3.8, 4) is 0 Å². The predicted molar refractivity (Wildman–Crippen MR) is 51.1 cm³/mol. The van der Waals surface area contributed by atoms with Crippen molar-refractivity contribution in [2.75, 3.05) is 6.54 Å². The third-order valence-corrected chi connectivity index (χ3v) is 2.47. The maximum absolute atomic E-state index is 5.51. The Bertz CT molecular complexity index is 116. The molecule has 0 radical (unpaired) electrons. The molecule has 2 N–H and O–H groups in total. The lowest BCUT2D eigenvalue weighted by Gasteiger charge is -1.94. The highest BCUT2D eigenvalue weighted by atomic mass is 16.6. The van der Waals surface area contributed by atoms with E-state index in [-0.39, 0.29) is 0 Å². The summed E-state index contributed by atoms with van der Waals surface area (Å²) in [5, 5.41) is 0. The fourth-order valence-electron chi connectivity index (χ4n) is 1.60. The van der Waals surface area contributed by atoms with Gasteiger partial charge < -0.3 is 10.5 Å². The lowest BCUT2D eigenvalue weighted by Crippen LogP contribution is -2.02. The molecule has 0 aromatic heterocycles. The zero-order valence-corrected chi connectivity index (χ0v) is 8.09. The molecule has 1 aliphatic rings. The monoisotopic (exact) mass is 171 g/mol. The van der Waals surface area contributed by atoms with Crippen LogP contribution in [0.3, 0.4) is 0 Å².